The van der Waals surface area contributed by atoms with Gasteiger partial charge in [0.05, 0.1) is 23.2 Å². The van der Waals surface area contributed by atoms with Crippen LogP contribution in [0.1, 0.15) is 37.7 Å². The third kappa shape index (κ3) is 5.47. The number of alkyl halides is 1. The number of unbranched alkanes of at least 4 members (excludes halogenated alkanes) is 2. The number of fused-ring (bicyclic) bond motifs is 1. The average molecular weight is 606 g/mol. The molecule has 4 rings (SSSR count). The molecule has 0 saturated carbocycles. The standard InChI is InChI=1S/C29H37BrN2O5S/c1-3-5-11-17-37-28(36)22-23-26(34)32(15-9-10-16-33)25(29(23)18-21(30)24(22)38-29)27(35)31(14-4-2)19-20-12-7-6-8-13-20/h3-4,6-8,12-13,21-25,33H,1-2,5,9-11,14-19H2/t21?,22-,23-,24-,25?,29?/m0/s1. The molecule has 0 radical (unpaired) electrons. The lowest BCUT2D eigenvalue weighted by Gasteiger charge is -2.38. The lowest BCUT2D eigenvalue weighted by molar-refractivity contribution is -0.154. The van der Waals surface area contributed by atoms with E-state index in [-0.39, 0.29) is 41.1 Å². The molecule has 0 aromatic heterocycles. The molecule has 3 aliphatic heterocycles. The van der Waals surface area contributed by atoms with Crippen LogP contribution >= 0.6 is 27.7 Å². The van der Waals surface area contributed by atoms with Gasteiger partial charge in [0, 0.05) is 36.3 Å². The maximum Gasteiger partial charge on any atom is 0.310 e. The third-order valence-electron chi connectivity index (χ3n) is 7.78. The smallest absolute Gasteiger partial charge is 0.310 e. The van der Waals surface area contributed by atoms with E-state index in [1.54, 1.807) is 33.7 Å². The highest BCUT2D eigenvalue weighted by Gasteiger charge is 2.76. The van der Waals surface area contributed by atoms with E-state index in [9.17, 15) is 19.5 Å². The summed E-state index contributed by atoms with van der Waals surface area (Å²) in [6.07, 6.45) is 6.67. The number of amides is 2. The first-order chi connectivity index (χ1) is 18.4. The molecule has 3 fully saturated rings. The Balaban J connectivity index is 1.66. The van der Waals surface area contributed by atoms with Crippen LogP contribution in [0.3, 0.4) is 0 Å². The number of esters is 1. The van der Waals surface area contributed by atoms with Crippen LogP contribution in [0.25, 0.3) is 0 Å². The molecular formula is C29H37BrN2O5S. The average Bonchev–Trinajstić information content (AvgIpc) is 3.50. The summed E-state index contributed by atoms with van der Waals surface area (Å²) in [6.45, 7) is 8.99. The predicted molar refractivity (Wildman–Crippen MR) is 153 cm³/mol. The molecule has 2 bridgehead atoms. The van der Waals surface area contributed by atoms with Crippen molar-refractivity contribution in [1.29, 1.82) is 0 Å². The fraction of sp³-hybridized carbons (Fsp3) is 0.552. The summed E-state index contributed by atoms with van der Waals surface area (Å²) in [5, 5.41) is 9.24. The van der Waals surface area contributed by atoms with Gasteiger partial charge in [0.2, 0.25) is 11.8 Å². The van der Waals surface area contributed by atoms with Crippen molar-refractivity contribution in [1.82, 2.24) is 9.80 Å². The minimum Gasteiger partial charge on any atom is -0.465 e. The maximum atomic E-state index is 14.4. The molecule has 38 heavy (non-hydrogen) atoms. The molecule has 3 saturated heterocycles. The zero-order valence-corrected chi connectivity index (χ0v) is 24.1. The first-order valence-corrected chi connectivity index (χ1v) is 15.1. The Morgan fingerprint density at radius 3 is 2.66 bits per heavy atom. The number of nitrogens with zero attached hydrogens (tertiary/aromatic N) is 2. The number of ether oxygens (including phenoxy) is 1. The van der Waals surface area contributed by atoms with Gasteiger partial charge in [-0.3, -0.25) is 14.4 Å². The van der Waals surface area contributed by atoms with E-state index >= 15 is 0 Å². The summed E-state index contributed by atoms with van der Waals surface area (Å²) in [5.74, 6) is -1.84. The van der Waals surface area contributed by atoms with Crippen LogP contribution in [0.4, 0.5) is 0 Å². The van der Waals surface area contributed by atoms with Crippen LogP contribution in [-0.2, 0) is 25.7 Å². The first kappa shape index (κ1) is 28.9. The maximum absolute atomic E-state index is 14.4. The number of hydrogen-bond acceptors (Lipinski definition) is 6. The molecule has 1 N–H and O–H groups in total. The van der Waals surface area contributed by atoms with Crippen LogP contribution < -0.4 is 0 Å². The van der Waals surface area contributed by atoms with E-state index in [0.717, 1.165) is 12.0 Å². The van der Waals surface area contributed by atoms with Crippen LogP contribution in [0.2, 0.25) is 0 Å². The summed E-state index contributed by atoms with van der Waals surface area (Å²) >= 11 is 5.40. The van der Waals surface area contributed by atoms with Crippen LogP contribution in [0, 0.1) is 11.8 Å². The zero-order chi connectivity index (χ0) is 27.3. The Morgan fingerprint density at radius 1 is 1.21 bits per heavy atom. The van der Waals surface area contributed by atoms with Gasteiger partial charge in [0.25, 0.3) is 0 Å². The van der Waals surface area contributed by atoms with Gasteiger partial charge in [-0.1, -0.05) is 58.4 Å². The Hall–Kier alpha value is -2.10. The Kier molecular flexibility index (Phi) is 9.76. The van der Waals surface area contributed by atoms with Crippen molar-refractivity contribution in [3.8, 4) is 0 Å². The normalized spacial score (nSPS) is 29.3. The molecule has 1 aromatic rings. The highest BCUT2D eigenvalue weighted by Crippen LogP contribution is 2.68. The van der Waals surface area contributed by atoms with E-state index in [1.165, 1.54) is 0 Å². The number of rotatable bonds is 14. The van der Waals surface area contributed by atoms with Gasteiger partial charge in [-0.2, -0.15) is 0 Å². The van der Waals surface area contributed by atoms with Gasteiger partial charge in [-0.05, 0) is 37.7 Å². The molecule has 1 spiro atoms. The summed E-state index contributed by atoms with van der Waals surface area (Å²) in [4.78, 5) is 45.2. The quantitative estimate of drug-likeness (QED) is 0.150. The monoisotopic (exact) mass is 604 g/mol. The fourth-order valence-corrected chi connectivity index (χ4v) is 9.77. The van der Waals surface area contributed by atoms with Crippen molar-refractivity contribution in [2.75, 3.05) is 26.3 Å². The number of thioether (sulfide) groups is 1. The van der Waals surface area contributed by atoms with Gasteiger partial charge >= 0.3 is 5.97 Å². The number of halogens is 1. The minimum atomic E-state index is -0.715. The van der Waals surface area contributed by atoms with E-state index in [0.29, 0.717) is 45.3 Å². The van der Waals surface area contributed by atoms with Gasteiger partial charge < -0.3 is 19.6 Å². The number of aliphatic hydroxyl groups excluding tert-OH is 1. The molecule has 206 valence electrons. The number of carbonyl (C=O) groups excluding carboxylic acids is 3. The highest BCUT2D eigenvalue weighted by molar-refractivity contribution is 9.09. The van der Waals surface area contributed by atoms with Crippen LogP contribution in [-0.4, -0.2) is 79.9 Å². The second-order valence-electron chi connectivity index (χ2n) is 10.2. The fourth-order valence-electron chi connectivity index (χ4n) is 6.17. The summed E-state index contributed by atoms with van der Waals surface area (Å²) in [7, 11) is 0. The van der Waals surface area contributed by atoms with Gasteiger partial charge in [-0.15, -0.1) is 24.9 Å². The van der Waals surface area contributed by atoms with Gasteiger partial charge in [-0.25, -0.2) is 0 Å². The van der Waals surface area contributed by atoms with E-state index in [2.05, 4.69) is 29.1 Å². The molecule has 9 heteroatoms. The SMILES string of the molecule is C=CCCCOC(=O)[C@H]1[C@H]2C(=O)N(CCCCO)C(C(=O)N(CC=C)Cc3ccccc3)C23CC(Br)[C@@H]1S3. The van der Waals surface area contributed by atoms with Crippen molar-refractivity contribution < 1.29 is 24.2 Å². The topological polar surface area (TPSA) is 87.1 Å². The molecule has 6 atom stereocenters. The molecule has 0 aliphatic carbocycles. The van der Waals surface area contributed by atoms with Crippen LogP contribution in [0.5, 0.6) is 0 Å². The zero-order valence-electron chi connectivity index (χ0n) is 21.7. The number of carbonyl (C=O) groups is 3. The molecule has 3 heterocycles. The number of allylic oxidation sites excluding steroid dienone is 1. The van der Waals surface area contributed by atoms with Crippen molar-refractivity contribution in [3.63, 3.8) is 0 Å². The molecular weight excluding hydrogens is 568 g/mol. The van der Waals surface area contributed by atoms with Crippen molar-refractivity contribution >= 4 is 45.5 Å². The number of benzene rings is 1. The molecule has 1 aromatic carbocycles. The second-order valence-corrected chi connectivity index (χ2v) is 12.9. The number of likely N-dealkylation sites (tertiary alicyclic amines) is 1. The Morgan fingerprint density at radius 2 is 1.97 bits per heavy atom. The number of aliphatic hydroxyl groups is 1. The van der Waals surface area contributed by atoms with Crippen LogP contribution in [0.15, 0.2) is 55.6 Å². The van der Waals surface area contributed by atoms with E-state index in [1.807, 2.05) is 30.3 Å². The first-order valence-electron chi connectivity index (χ1n) is 13.3. The Labute approximate surface area is 237 Å². The highest BCUT2D eigenvalue weighted by atomic mass is 79.9. The summed E-state index contributed by atoms with van der Waals surface area (Å²) < 4.78 is 4.93. The van der Waals surface area contributed by atoms with E-state index in [4.69, 9.17) is 4.74 Å². The predicted octanol–water partition coefficient (Wildman–Crippen LogP) is 3.95. The molecule has 3 aliphatic rings. The third-order valence-corrected chi connectivity index (χ3v) is 11.0. The molecule has 2 amide bonds. The lowest BCUT2D eigenvalue weighted by atomic mass is 9.71. The van der Waals surface area contributed by atoms with Crippen molar-refractivity contribution in [3.05, 3.63) is 61.2 Å². The van der Waals surface area contributed by atoms with Crippen molar-refractivity contribution in [2.45, 2.75) is 59.5 Å². The molecule has 7 nitrogen and oxygen atoms in total. The summed E-state index contributed by atoms with van der Waals surface area (Å²) in [5.41, 5.74) is 0.996. The Bertz CT molecular complexity index is 1040. The second kappa shape index (κ2) is 12.8. The number of hydrogen-bond donors (Lipinski definition) is 1. The van der Waals surface area contributed by atoms with Gasteiger partial charge in [0.1, 0.15) is 6.04 Å². The summed E-state index contributed by atoms with van der Waals surface area (Å²) in [6, 6.07) is 9.08. The van der Waals surface area contributed by atoms with Gasteiger partial charge in [0.15, 0.2) is 0 Å². The largest absolute Gasteiger partial charge is 0.465 e. The van der Waals surface area contributed by atoms with Crippen molar-refractivity contribution in [2.24, 2.45) is 11.8 Å². The van der Waals surface area contributed by atoms with E-state index < -0.39 is 22.6 Å². The lowest BCUT2D eigenvalue weighted by Crippen LogP contribution is -2.55. The minimum absolute atomic E-state index is 0.00283. The molecule has 3 unspecified atom stereocenters.